The van der Waals surface area contributed by atoms with Crippen LogP contribution >= 0.6 is 0 Å². The van der Waals surface area contributed by atoms with Crippen molar-refractivity contribution >= 4 is 17.6 Å². The van der Waals surface area contributed by atoms with E-state index in [0.717, 1.165) is 24.3 Å². The third kappa shape index (κ3) is 7.48. The number of nitrogens with zero attached hydrogens (tertiary/aromatic N) is 2. The van der Waals surface area contributed by atoms with Crippen LogP contribution in [0.4, 0.5) is 11.4 Å². The van der Waals surface area contributed by atoms with Crippen molar-refractivity contribution in [3.8, 4) is 5.75 Å². The van der Waals surface area contributed by atoms with Gasteiger partial charge in [-0.1, -0.05) is 51.2 Å². The van der Waals surface area contributed by atoms with Crippen molar-refractivity contribution in [3.63, 3.8) is 0 Å². The molecule has 0 aliphatic rings. The second-order valence-electron chi connectivity index (χ2n) is 6.33. The molecule has 1 N–H and O–H groups in total. The largest absolute Gasteiger partial charge is 0.494 e. The molecule has 0 spiro atoms. The summed E-state index contributed by atoms with van der Waals surface area (Å²) in [5.41, 5.74) is 3.95. The Balaban J connectivity index is 1.75. The Labute approximate surface area is 160 Å². The summed E-state index contributed by atoms with van der Waals surface area (Å²) < 4.78 is 5.75. The highest BCUT2D eigenvalue weighted by Gasteiger charge is 2.10. The molecule has 144 valence electrons. The quantitative estimate of drug-likeness (QED) is 0.223. The lowest BCUT2D eigenvalue weighted by atomic mass is 10.1. The zero-order valence-corrected chi connectivity index (χ0v) is 15.8. The Morgan fingerprint density at radius 3 is 2.48 bits per heavy atom. The molecule has 2 aromatic carbocycles. The highest BCUT2D eigenvalue weighted by molar-refractivity contribution is 5.80. The molecule has 2 rings (SSSR count). The zero-order valence-electron chi connectivity index (χ0n) is 15.8. The van der Waals surface area contributed by atoms with Crippen LogP contribution in [0.15, 0.2) is 53.6 Å². The lowest BCUT2D eigenvalue weighted by Crippen LogP contribution is -1.98. The van der Waals surface area contributed by atoms with E-state index in [1.54, 1.807) is 24.4 Å². The minimum Gasteiger partial charge on any atom is -0.494 e. The van der Waals surface area contributed by atoms with Gasteiger partial charge in [0.25, 0.3) is 5.69 Å². The molecule has 0 bridgehead atoms. The number of hydrogen-bond acceptors (Lipinski definition) is 5. The first-order valence-corrected chi connectivity index (χ1v) is 9.46. The molecule has 0 heterocycles. The zero-order chi connectivity index (χ0) is 19.3. The summed E-state index contributed by atoms with van der Waals surface area (Å²) >= 11 is 0. The smallest absolute Gasteiger partial charge is 0.294 e. The van der Waals surface area contributed by atoms with Crippen LogP contribution in [0.2, 0.25) is 0 Å². The molecule has 0 aliphatic heterocycles. The number of hydrazone groups is 1. The maximum Gasteiger partial charge on any atom is 0.294 e. The van der Waals surface area contributed by atoms with Crippen LogP contribution in [-0.2, 0) is 0 Å². The fourth-order valence-corrected chi connectivity index (χ4v) is 2.63. The van der Waals surface area contributed by atoms with E-state index < -0.39 is 4.92 Å². The van der Waals surface area contributed by atoms with Crippen molar-refractivity contribution in [1.82, 2.24) is 0 Å². The number of nitrogens with one attached hydrogen (secondary N) is 1. The fraction of sp³-hybridized carbons (Fsp3) is 0.381. The van der Waals surface area contributed by atoms with Crippen LogP contribution in [-0.4, -0.2) is 17.7 Å². The monoisotopic (exact) mass is 369 g/mol. The molecule has 0 aromatic heterocycles. The number of para-hydroxylation sites is 2. The van der Waals surface area contributed by atoms with E-state index in [1.165, 1.54) is 38.2 Å². The van der Waals surface area contributed by atoms with Crippen LogP contribution < -0.4 is 10.2 Å². The van der Waals surface area contributed by atoms with Crippen molar-refractivity contribution in [2.75, 3.05) is 12.0 Å². The maximum atomic E-state index is 11.0. The molecule has 0 atom stereocenters. The van der Waals surface area contributed by atoms with Gasteiger partial charge < -0.3 is 4.74 Å². The second kappa shape index (κ2) is 11.7. The number of rotatable bonds is 12. The molecule has 6 heteroatoms. The van der Waals surface area contributed by atoms with Gasteiger partial charge in [0, 0.05) is 6.07 Å². The number of hydrogen-bond donors (Lipinski definition) is 1. The van der Waals surface area contributed by atoms with E-state index in [4.69, 9.17) is 4.74 Å². The summed E-state index contributed by atoms with van der Waals surface area (Å²) in [6.45, 7) is 2.96. The molecule has 0 saturated carbocycles. The molecular formula is C21H27N3O3. The van der Waals surface area contributed by atoms with Gasteiger partial charge in [0.15, 0.2) is 0 Å². The summed E-state index contributed by atoms with van der Waals surface area (Å²) in [7, 11) is 0. The van der Waals surface area contributed by atoms with Gasteiger partial charge in [-0.3, -0.25) is 15.5 Å². The Bertz CT molecular complexity index is 730. The summed E-state index contributed by atoms with van der Waals surface area (Å²) in [4.78, 5) is 10.5. The number of ether oxygens (including phenoxy) is 1. The molecule has 0 fully saturated rings. The van der Waals surface area contributed by atoms with Gasteiger partial charge >= 0.3 is 0 Å². The van der Waals surface area contributed by atoms with Crippen molar-refractivity contribution < 1.29 is 9.66 Å². The van der Waals surface area contributed by atoms with Gasteiger partial charge in [-0.25, -0.2) is 0 Å². The van der Waals surface area contributed by atoms with Crippen LogP contribution in [0.3, 0.4) is 0 Å². The molecule has 27 heavy (non-hydrogen) atoms. The van der Waals surface area contributed by atoms with Gasteiger partial charge in [-0.15, -0.1) is 0 Å². The third-order valence-electron chi connectivity index (χ3n) is 4.15. The number of nitro groups is 1. The molecule has 2 aromatic rings. The first-order valence-electron chi connectivity index (χ1n) is 9.46. The fourth-order valence-electron chi connectivity index (χ4n) is 2.63. The summed E-state index contributed by atoms with van der Waals surface area (Å²) in [5, 5.41) is 15.0. The predicted octanol–water partition coefficient (Wildman–Crippen LogP) is 5.78. The molecule has 0 saturated heterocycles. The van der Waals surface area contributed by atoms with Crippen LogP contribution in [0.5, 0.6) is 5.75 Å². The summed E-state index contributed by atoms with van der Waals surface area (Å²) in [6, 6.07) is 14.0. The number of unbranched alkanes of at least 4 members (excludes halogenated alkanes) is 5. The Kier molecular flexibility index (Phi) is 8.83. The average molecular weight is 369 g/mol. The van der Waals surface area contributed by atoms with Gasteiger partial charge in [0.05, 0.1) is 17.7 Å². The topological polar surface area (TPSA) is 76.8 Å². The molecule has 6 nitrogen and oxygen atoms in total. The first kappa shape index (κ1) is 20.4. The average Bonchev–Trinajstić information content (AvgIpc) is 2.68. The Morgan fingerprint density at radius 2 is 1.74 bits per heavy atom. The lowest BCUT2D eigenvalue weighted by molar-refractivity contribution is -0.384. The van der Waals surface area contributed by atoms with Crippen LogP contribution in [0.1, 0.15) is 51.0 Å². The van der Waals surface area contributed by atoms with E-state index >= 15 is 0 Å². The van der Waals surface area contributed by atoms with E-state index in [9.17, 15) is 10.1 Å². The second-order valence-corrected chi connectivity index (χ2v) is 6.33. The SMILES string of the molecule is CCCCCCCCOc1ccc(C=NNc2ccccc2[N+](=O)[O-])cc1. The van der Waals surface area contributed by atoms with Crippen LogP contribution in [0, 0.1) is 10.1 Å². The highest BCUT2D eigenvalue weighted by Crippen LogP contribution is 2.23. The van der Waals surface area contributed by atoms with Gasteiger partial charge in [0.2, 0.25) is 0 Å². The van der Waals surface area contributed by atoms with E-state index in [1.807, 2.05) is 24.3 Å². The Hall–Kier alpha value is -2.89. The maximum absolute atomic E-state index is 11.0. The van der Waals surface area contributed by atoms with Gasteiger partial charge in [0.1, 0.15) is 11.4 Å². The number of benzene rings is 2. The molecular weight excluding hydrogens is 342 g/mol. The van der Waals surface area contributed by atoms with Gasteiger partial charge in [-0.05, 0) is 42.3 Å². The third-order valence-corrected chi connectivity index (χ3v) is 4.15. The molecule has 0 radical (unpaired) electrons. The Morgan fingerprint density at radius 1 is 1.04 bits per heavy atom. The molecule has 0 unspecified atom stereocenters. The van der Waals surface area contributed by atoms with Crippen molar-refractivity contribution in [2.45, 2.75) is 45.4 Å². The normalized spacial score (nSPS) is 10.9. The van der Waals surface area contributed by atoms with Gasteiger partial charge in [-0.2, -0.15) is 5.10 Å². The summed E-state index contributed by atoms with van der Waals surface area (Å²) in [6.07, 6.45) is 9.08. The van der Waals surface area contributed by atoms with Crippen molar-refractivity contribution in [3.05, 3.63) is 64.2 Å². The summed E-state index contributed by atoms with van der Waals surface area (Å²) in [5.74, 6) is 0.840. The standard InChI is InChI=1S/C21H27N3O3/c1-2-3-4-5-6-9-16-27-19-14-12-18(13-15-19)17-22-23-20-10-7-8-11-21(20)24(25)26/h7-8,10-15,17,23H,2-6,9,16H2,1H3. The minimum absolute atomic E-state index is 0.00640. The van der Waals surface area contributed by atoms with E-state index in [2.05, 4.69) is 17.5 Å². The molecule has 0 amide bonds. The minimum atomic E-state index is -0.437. The predicted molar refractivity (Wildman–Crippen MR) is 110 cm³/mol. The van der Waals surface area contributed by atoms with Crippen LogP contribution in [0.25, 0.3) is 0 Å². The van der Waals surface area contributed by atoms with E-state index in [-0.39, 0.29) is 5.69 Å². The van der Waals surface area contributed by atoms with E-state index in [0.29, 0.717) is 5.69 Å². The first-order chi connectivity index (χ1) is 13.2. The number of nitro benzene ring substituents is 1. The molecule has 0 aliphatic carbocycles. The van der Waals surface area contributed by atoms with Crippen molar-refractivity contribution in [2.24, 2.45) is 5.10 Å². The highest BCUT2D eigenvalue weighted by atomic mass is 16.6. The number of anilines is 1. The van der Waals surface area contributed by atoms with Crippen molar-refractivity contribution in [1.29, 1.82) is 0 Å². The lowest BCUT2D eigenvalue weighted by Gasteiger charge is -2.06.